The molecule has 2 aromatic rings. The average molecular weight is 310 g/mol. The van der Waals surface area contributed by atoms with Gasteiger partial charge in [-0.1, -0.05) is 30.3 Å². The highest BCUT2D eigenvalue weighted by Crippen LogP contribution is 2.23. The summed E-state index contributed by atoms with van der Waals surface area (Å²) in [7, 11) is 0. The summed E-state index contributed by atoms with van der Waals surface area (Å²) in [6, 6.07) is 15.0. The van der Waals surface area contributed by atoms with Crippen molar-refractivity contribution in [3.8, 4) is 5.75 Å². The fourth-order valence-electron chi connectivity index (χ4n) is 2.46. The lowest BCUT2D eigenvalue weighted by Crippen LogP contribution is -2.28. The van der Waals surface area contributed by atoms with Crippen LogP contribution < -0.4 is 15.4 Å². The van der Waals surface area contributed by atoms with Crippen molar-refractivity contribution >= 4 is 17.5 Å². The highest BCUT2D eigenvalue weighted by molar-refractivity contribution is 5.93. The number of amides is 2. The van der Waals surface area contributed by atoms with Gasteiger partial charge < -0.3 is 15.4 Å². The number of carbonyl (C=O) groups excluding carboxylic acids is 2. The molecule has 0 unspecified atom stereocenters. The van der Waals surface area contributed by atoms with E-state index in [0.717, 1.165) is 23.2 Å². The first kappa shape index (κ1) is 15.1. The Balaban J connectivity index is 1.50. The van der Waals surface area contributed by atoms with Gasteiger partial charge in [0, 0.05) is 18.7 Å². The molecule has 0 aromatic heterocycles. The van der Waals surface area contributed by atoms with Crippen LogP contribution in [-0.4, -0.2) is 18.4 Å². The van der Waals surface area contributed by atoms with Crippen molar-refractivity contribution in [1.29, 1.82) is 0 Å². The molecule has 2 N–H and O–H groups in total. The Morgan fingerprint density at radius 1 is 1.13 bits per heavy atom. The Morgan fingerprint density at radius 2 is 1.96 bits per heavy atom. The van der Waals surface area contributed by atoms with E-state index in [1.54, 1.807) is 0 Å². The Labute approximate surface area is 134 Å². The molecule has 0 radical (unpaired) electrons. The van der Waals surface area contributed by atoms with Gasteiger partial charge in [-0.25, -0.2) is 0 Å². The largest absolute Gasteiger partial charge is 0.484 e. The van der Waals surface area contributed by atoms with E-state index in [2.05, 4.69) is 10.6 Å². The van der Waals surface area contributed by atoms with Crippen molar-refractivity contribution in [2.24, 2.45) is 0 Å². The number of para-hydroxylation sites is 1. The summed E-state index contributed by atoms with van der Waals surface area (Å²) in [6.45, 7) is 0.434. The van der Waals surface area contributed by atoms with Gasteiger partial charge in [0.2, 0.25) is 5.91 Å². The highest BCUT2D eigenvalue weighted by Gasteiger charge is 2.14. The molecule has 23 heavy (non-hydrogen) atoms. The van der Waals surface area contributed by atoms with Crippen LogP contribution in [0.15, 0.2) is 48.5 Å². The number of benzene rings is 2. The molecule has 0 saturated carbocycles. The average Bonchev–Trinajstić information content (AvgIpc) is 2.59. The Kier molecular flexibility index (Phi) is 4.57. The third-order valence-electron chi connectivity index (χ3n) is 3.67. The lowest BCUT2D eigenvalue weighted by molar-refractivity contribution is -0.123. The number of aryl methyl sites for hydroxylation is 1. The molecule has 5 nitrogen and oxygen atoms in total. The zero-order chi connectivity index (χ0) is 16.1. The lowest BCUT2D eigenvalue weighted by atomic mass is 10.0. The van der Waals surface area contributed by atoms with Gasteiger partial charge in [0.25, 0.3) is 5.91 Å². The van der Waals surface area contributed by atoms with Crippen molar-refractivity contribution in [3.63, 3.8) is 0 Å². The second-order valence-corrected chi connectivity index (χ2v) is 5.42. The third-order valence-corrected chi connectivity index (χ3v) is 3.67. The van der Waals surface area contributed by atoms with E-state index >= 15 is 0 Å². The van der Waals surface area contributed by atoms with Crippen molar-refractivity contribution in [1.82, 2.24) is 5.32 Å². The number of hydrogen-bond donors (Lipinski definition) is 2. The van der Waals surface area contributed by atoms with Gasteiger partial charge in [-0.05, 0) is 35.7 Å². The van der Waals surface area contributed by atoms with E-state index in [4.69, 9.17) is 4.74 Å². The standard InChI is InChI=1S/C18H18N2O3/c21-17-9-7-14-10-13(6-8-16(14)20-17)11-19-18(22)12-23-15-4-2-1-3-5-15/h1-6,8,10H,7,9,11-12H2,(H,19,22)(H,20,21). The summed E-state index contributed by atoms with van der Waals surface area (Å²) < 4.78 is 5.40. The number of anilines is 1. The van der Waals surface area contributed by atoms with Gasteiger partial charge in [-0.3, -0.25) is 9.59 Å². The first-order chi connectivity index (χ1) is 11.2. The zero-order valence-electron chi connectivity index (χ0n) is 12.7. The quantitative estimate of drug-likeness (QED) is 0.890. The van der Waals surface area contributed by atoms with Gasteiger partial charge in [-0.2, -0.15) is 0 Å². The number of carbonyl (C=O) groups is 2. The first-order valence-electron chi connectivity index (χ1n) is 7.57. The monoisotopic (exact) mass is 310 g/mol. The molecule has 2 amide bonds. The van der Waals surface area contributed by atoms with E-state index in [-0.39, 0.29) is 18.4 Å². The van der Waals surface area contributed by atoms with E-state index in [1.165, 1.54) is 0 Å². The molecule has 0 saturated heterocycles. The minimum absolute atomic E-state index is 0.00892. The second kappa shape index (κ2) is 6.96. The molecular formula is C18H18N2O3. The Bertz CT molecular complexity index is 713. The molecule has 0 aliphatic carbocycles. The van der Waals surface area contributed by atoms with Gasteiger partial charge in [-0.15, -0.1) is 0 Å². The van der Waals surface area contributed by atoms with Crippen molar-refractivity contribution in [2.45, 2.75) is 19.4 Å². The number of hydrogen-bond acceptors (Lipinski definition) is 3. The molecule has 3 rings (SSSR count). The van der Waals surface area contributed by atoms with Crippen LogP contribution >= 0.6 is 0 Å². The summed E-state index contributed by atoms with van der Waals surface area (Å²) in [5, 5.41) is 5.68. The molecule has 1 aliphatic rings. The maximum absolute atomic E-state index is 11.8. The summed E-state index contributed by atoms with van der Waals surface area (Å²) in [6.07, 6.45) is 1.24. The van der Waals surface area contributed by atoms with Crippen molar-refractivity contribution in [3.05, 3.63) is 59.7 Å². The minimum Gasteiger partial charge on any atom is -0.484 e. The van der Waals surface area contributed by atoms with Crippen LogP contribution in [0.4, 0.5) is 5.69 Å². The maximum atomic E-state index is 11.8. The van der Waals surface area contributed by atoms with Crippen LogP contribution in [0.25, 0.3) is 0 Å². The molecule has 0 bridgehead atoms. The molecule has 2 aromatic carbocycles. The normalized spacial score (nSPS) is 13.0. The van der Waals surface area contributed by atoms with Crippen LogP contribution in [0.3, 0.4) is 0 Å². The number of fused-ring (bicyclic) bond motifs is 1. The number of nitrogens with one attached hydrogen (secondary N) is 2. The van der Waals surface area contributed by atoms with Crippen LogP contribution in [-0.2, 0) is 22.6 Å². The van der Waals surface area contributed by atoms with Gasteiger partial charge >= 0.3 is 0 Å². The van der Waals surface area contributed by atoms with Crippen molar-refractivity contribution in [2.75, 3.05) is 11.9 Å². The number of rotatable bonds is 5. The zero-order valence-corrected chi connectivity index (χ0v) is 12.7. The van der Waals surface area contributed by atoms with E-state index in [0.29, 0.717) is 18.7 Å². The molecule has 0 spiro atoms. The summed E-state index contributed by atoms with van der Waals surface area (Å²) in [4.78, 5) is 23.2. The minimum atomic E-state index is -0.167. The Hall–Kier alpha value is -2.82. The first-order valence-corrected chi connectivity index (χ1v) is 7.57. The summed E-state index contributed by atoms with van der Waals surface area (Å²) >= 11 is 0. The third kappa shape index (κ3) is 4.10. The van der Waals surface area contributed by atoms with Gasteiger partial charge in [0.05, 0.1) is 0 Å². The van der Waals surface area contributed by atoms with E-state index < -0.39 is 0 Å². The van der Waals surface area contributed by atoms with Crippen LogP contribution in [0, 0.1) is 0 Å². The predicted molar refractivity (Wildman–Crippen MR) is 87.2 cm³/mol. The van der Waals surface area contributed by atoms with E-state index in [9.17, 15) is 9.59 Å². The van der Waals surface area contributed by atoms with Crippen LogP contribution in [0.1, 0.15) is 17.5 Å². The molecule has 5 heteroatoms. The van der Waals surface area contributed by atoms with Crippen LogP contribution in [0.5, 0.6) is 5.75 Å². The molecule has 1 heterocycles. The van der Waals surface area contributed by atoms with Crippen LogP contribution in [0.2, 0.25) is 0 Å². The second-order valence-electron chi connectivity index (χ2n) is 5.42. The molecule has 0 atom stereocenters. The fourth-order valence-corrected chi connectivity index (χ4v) is 2.46. The summed E-state index contributed by atoms with van der Waals surface area (Å²) in [5.74, 6) is 0.559. The Morgan fingerprint density at radius 3 is 2.78 bits per heavy atom. The highest BCUT2D eigenvalue weighted by atomic mass is 16.5. The fraction of sp³-hybridized carbons (Fsp3) is 0.222. The van der Waals surface area contributed by atoms with Crippen molar-refractivity contribution < 1.29 is 14.3 Å². The SMILES string of the molecule is O=C(COc1ccccc1)NCc1ccc2c(c1)CCC(=O)N2. The molecular weight excluding hydrogens is 292 g/mol. The predicted octanol–water partition coefficient (Wildman–Crippen LogP) is 2.27. The number of ether oxygens (including phenoxy) is 1. The molecule has 1 aliphatic heterocycles. The van der Waals surface area contributed by atoms with E-state index in [1.807, 2.05) is 48.5 Å². The topological polar surface area (TPSA) is 67.4 Å². The van der Waals surface area contributed by atoms with Gasteiger partial charge in [0.15, 0.2) is 6.61 Å². The maximum Gasteiger partial charge on any atom is 0.258 e. The summed E-state index contributed by atoms with van der Waals surface area (Å²) in [5.41, 5.74) is 2.98. The molecule has 0 fully saturated rings. The lowest BCUT2D eigenvalue weighted by Gasteiger charge is -2.17. The van der Waals surface area contributed by atoms with Gasteiger partial charge in [0.1, 0.15) is 5.75 Å². The molecule has 118 valence electrons. The smallest absolute Gasteiger partial charge is 0.258 e.